The van der Waals surface area contributed by atoms with Crippen LogP contribution in [0.4, 0.5) is 4.39 Å². The lowest BCUT2D eigenvalue weighted by molar-refractivity contribution is 0.517. The van der Waals surface area contributed by atoms with Crippen LogP contribution in [0, 0.1) is 12.7 Å². The second-order valence-corrected chi connectivity index (χ2v) is 5.72. The lowest BCUT2D eigenvalue weighted by Gasteiger charge is -2.18. The van der Waals surface area contributed by atoms with Gasteiger partial charge in [0.2, 0.25) is 0 Å². The molecule has 1 aromatic heterocycles. The highest BCUT2D eigenvalue weighted by atomic mass is 79.9. The molecule has 1 aromatic carbocycles. The molecule has 0 fully saturated rings. The molecule has 0 bridgehead atoms. The summed E-state index contributed by atoms with van der Waals surface area (Å²) in [6.45, 7) is 4.90. The molecule has 0 saturated carbocycles. The quantitative estimate of drug-likeness (QED) is 0.885. The Labute approximate surface area is 127 Å². The summed E-state index contributed by atoms with van der Waals surface area (Å²) in [4.78, 5) is 4.41. The number of aryl methyl sites for hydroxylation is 1. The van der Waals surface area contributed by atoms with Crippen molar-refractivity contribution in [2.24, 2.45) is 0 Å². The molecular weight excluding hydrogens is 319 g/mol. The van der Waals surface area contributed by atoms with Gasteiger partial charge in [0.05, 0.1) is 11.7 Å². The first-order valence-electron chi connectivity index (χ1n) is 6.70. The third-order valence-corrected chi connectivity index (χ3v) is 3.68. The number of hydrogen-bond acceptors (Lipinski definition) is 2. The molecule has 20 heavy (non-hydrogen) atoms. The molecule has 2 rings (SSSR count). The maximum atomic E-state index is 14.0. The van der Waals surface area contributed by atoms with Gasteiger partial charge in [-0.2, -0.15) is 0 Å². The van der Waals surface area contributed by atoms with Crippen LogP contribution in [0.2, 0.25) is 0 Å². The molecule has 0 radical (unpaired) electrons. The van der Waals surface area contributed by atoms with Crippen molar-refractivity contribution in [3.05, 3.63) is 63.6 Å². The molecule has 0 aliphatic carbocycles. The average Bonchev–Trinajstić information content (AvgIpc) is 2.41. The normalized spacial score (nSPS) is 12.4. The van der Waals surface area contributed by atoms with Crippen molar-refractivity contribution >= 4 is 15.9 Å². The van der Waals surface area contributed by atoms with E-state index in [1.54, 1.807) is 6.20 Å². The first-order chi connectivity index (χ1) is 9.60. The average molecular weight is 337 g/mol. The summed E-state index contributed by atoms with van der Waals surface area (Å²) in [7, 11) is 0. The first kappa shape index (κ1) is 15.1. The number of pyridine rings is 1. The van der Waals surface area contributed by atoms with E-state index >= 15 is 0 Å². The van der Waals surface area contributed by atoms with E-state index in [0.29, 0.717) is 12.0 Å². The predicted octanol–water partition coefficient (Wildman–Crippen LogP) is 4.18. The van der Waals surface area contributed by atoms with E-state index in [9.17, 15) is 4.39 Å². The molecular formula is C16H18BrFN2. The summed E-state index contributed by atoms with van der Waals surface area (Å²) in [6.07, 6.45) is 2.39. The first-order valence-corrected chi connectivity index (χ1v) is 7.49. The topological polar surface area (TPSA) is 24.9 Å². The van der Waals surface area contributed by atoms with Crippen LogP contribution in [0.15, 0.2) is 41.0 Å². The van der Waals surface area contributed by atoms with E-state index in [2.05, 4.69) is 26.2 Å². The van der Waals surface area contributed by atoms with Crippen LogP contribution in [0.25, 0.3) is 0 Å². The molecule has 0 spiro atoms. The van der Waals surface area contributed by atoms with Gasteiger partial charge in [0.15, 0.2) is 0 Å². The van der Waals surface area contributed by atoms with E-state index in [-0.39, 0.29) is 11.9 Å². The Balaban J connectivity index is 2.25. The Bertz CT molecular complexity index is 586. The third kappa shape index (κ3) is 3.87. The van der Waals surface area contributed by atoms with Crippen molar-refractivity contribution in [2.75, 3.05) is 6.54 Å². The molecule has 1 unspecified atom stereocenters. The molecule has 1 atom stereocenters. The molecule has 106 valence electrons. The summed E-state index contributed by atoms with van der Waals surface area (Å²) < 4.78 is 14.7. The van der Waals surface area contributed by atoms with E-state index in [1.807, 2.05) is 38.1 Å². The SMILES string of the molecule is CCNC(Cc1ccc(Br)cc1F)c1cc(C)ccn1. The zero-order chi connectivity index (χ0) is 14.5. The maximum Gasteiger partial charge on any atom is 0.127 e. The summed E-state index contributed by atoms with van der Waals surface area (Å²) in [5.74, 6) is -0.185. The van der Waals surface area contributed by atoms with Crippen LogP contribution in [-0.2, 0) is 6.42 Å². The summed E-state index contributed by atoms with van der Waals surface area (Å²) >= 11 is 3.28. The highest BCUT2D eigenvalue weighted by Gasteiger charge is 2.15. The standard InChI is InChI=1S/C16H18BrFN2/c1-3-19-16(15-8-11(2)6-7-20-15)9-12-4-5-13(17)10-14(12)18/h4-8,10,16,19H,3,9H2,1-2H3. The number of nitrogens with zero attached hydrogens (tertiary/aromatic N) is 1. The van der Waals surface area contributed by atoms with Gasteiger partial charge in [-0.05, 0) is 55.3 Å². The van der Waals surface area contributed by atoms with Gasteiger partial charge in [-0.1, -0.05) is 28.9 Å². The zero-order valence-electron chi connectivity index (χ0n) is 11.7. The van der Waals surface area contributed by atoms with Gasteiger partial charge < -0.3 is 5.32 Å². The number of likely N-dealkylation sites (N-methyl/N-ethyl adjacent to an activating group) is 1. The summed E-state index contributed by atoms with van der Waals surface area (Å²) in [5, 5.41) is 3.38. The largest absolute Gasteiger partial charge is 0.309 e. The van der Waals surface area contributed by atoms with Crippen molar-refractivity contribution < 1.29 is 4.39 Å². The number of aromatic nitrogens is 1. The second kappa shape index (κ2) is 6.95. The van der Waals surface area contributed by atoms with Crippen molar-refractivity contribution in [1.29, 1.82) is 0 Å². The van der Waals surface area contributed by atoms with Crippen molar-refractivity contribution in [3.63, 3.8) is 0 Å². The Hall–Kier alpha value is -1.26. The lowest BCUT2D eigenvalue weighted by atomic mass is 10.0. The summed E-state index contributed by atoms with van der Waals surface area (Å²) in [6, 6.07) is 9.22. The van der Waals surface area contributed by atoms with Crippen molar-refractivity contribution in [2.45, 2.75) is 26.3 Å². The van der Waals surface area contributed by atoms with Gasteiger partial charge in [0.25, 0.3) is 0 Å². The minimum Gasteiger partial charge on any atom is -0.309 e. The molecule has 0 saturated heterocycles. The number of nitrogens with one attached hydrogen (secondary N) is 1. The van der Waals surface area contributed by atoms with Crippen molar-refractivity contribution in [1.82, 2.24) is 10.3 Å². The van der Waals surface area contributed by atoms with Gasteiger partial charge >= 0.3 is 0 Å². The number of hydrogen-bond donors (Lipinski definition) is 1. The Morgan fingerprint density at radius 3 is 2.75 bits per heavy atom. The minimum atomic E-state index is -0.185. The van der Waals surface area contributed by atoms with E-state index in [0.717, 1.165) is 22.3 Å². The number of benzene rings is 1. The number of rotatable bonds is 5. The van der Waals surface area contributed by atoms with Gasteiger partial charge in [-0.3, -0.25) is 4.98 Å². The van der Waals surface area contributed by atoms with Crippen LogP contribution >= 0.6 is 15.9 Å². The molecule has 2 nitrogen and oxygen atoms in total. The van der Waals surface area contributed by atoms with Gasteiger partial charge in [-0.15, -0.1) is 0 Å². The van der Waals surface area contributed by atoms with E-state index < -0.39 is 0 Å². The smallest absolute Gasteiger partial charge is 0.127 e. The minimum absolute atomic E-state index is 0.0237. The van der Waals surface area contributed by atoms with Gasteiger partial charge in [-0.25, -0.2) is 4.39 Å². The lowest BCUT2D eigenvalue weighted by Crippen LogP contribution is -2.24. The molecule has 0 amide bonds. The highest BCUT2D eigenvalue weighted by Crippen LogP contribution is 2.22. The third-order valence-electron chi connectivity index (χ3n) is 3.18. The second-order valence-electron chi connectivity index (χ2n) is 4.81. The van der Waals surface area contributed by atoms with Crippen LogP contribution in [-0.4, -0.2) is 11.5 Å². The monoisotopic (exact) mass is 336 g/mol. The molecule has 2 aromatic rings. The van der Waals surface area contributed by atoms with Crippen LogP contribution in [0.1, 0.15) is 29.8 Å². The predicted molar refractivity (Wildman–Crippen MR) is 83.2 cm³/mol. The molecule has 4 heteroatoms. The molecule has 0 aliphatic rings. The fraction of sp³-hybridized carbons (Fsp3) is 0.312. The summed E-state index contributed by atoms with van der Waals surface area (Å²) in [5.41, 5.74) is 2.81. The Kier molecular flexibility index (Phi) is 5.26. The van der Waals surface area contributed by atoms with Gasteiger partial charge in [0, 0.05) is 10.7 Å². The Morgan fingerprint density at radius 1 is 1.30 bits per heavy atom. The fourth-order valence-corrected chi connectivity index (χ4v) is 2.52. The number of halogens is 2. The fourth-order valence-electron chi connectivity index (χ4n) is 2.18. The molecule has 0 aliphatic heterocycles. The highest BCUT2D eigenvalue weighted by molar-refractivity contribution is 9.10. The van der Waals surface area contributed by atoms with Crippen LogP contribution in [0.3, 0.4) is 0 Å². The molecule has 1 N–H and O–H groups in total. The van der Waals surface area contributed by atoms with Crippen molar-refractivity contribution in [3.8, 4) is 0 Å². The van der Waals surface area contributed by atoms with Crippen LogP contribution < -0.4 is 5.32 Å². The zero-order valence-corrected chi connectivity index (χ0v) is 13.2. The molecule has 1 heterocycles. The Morgan fingerprint density at radius 2 is 2.10 bits per heavy atom. The van der Waals surface area contributed by atoms with Crippen LogP contribution in [0.5, 0.6) is 0 Å². The maximum absolute atomic E-state index is 14.0. The van der Waals surface area contributed by atoms with E-state index in [4.69, 9.17) is 0 Å². The van der Waals surface area contributed by atoms with Gasteiger partial charge in [0.1, 0.15) is 5.82 Å². The van der Waals surface area contributed by atoms with E-state index in [1.165, 1.54) is 6.07 Å².